The number of hydrogen-bond acceptors (Lipinski definition) is 4. The van der Waals surface area contributed by atoms with E-state index in [2.05, 4.69) is 0 Å². The highest BCUT2D eigenvalue weighted by Gasteiger charge is 2.29. The number of aliphatic hydroxyl groups excluding tert-OH is 1. The molecule has 0 spiro atoms. The average Bonchev–Trinajstić information content (AvgIpc) is 2.28. The van der Waals surface area contributed by atoms with E-state index in [9.17, 15) is 4.79 Å². The molecule has 1 fully saturated rings. The third-order valence-corrected chi connectivity index (χ3v) is 2.64. The van der Waals surface area contributed by atoms with Gasteiger partial charge in [0.15, 0.2) is 0 Å². The summed E-state index contributed by atoms with van der Waals surface area (Å²) in [5.74, 6) is -0.0702. The van der Waals surface area contributed by atoms with Crippen molar-refractivity contribution in [3.8, 4) is 0 Å². The molecule has 0 aliphatic carbocycles. The number of hydrogen-bond donors (Lipinski definition) is 2. The monoisotopic (exact) mass is 216 g/mol. The molecule has 0 aromatic carbocycles. The van der Waals surface area contributed by atoms with Crippen LogP contribution in [0, 0.1) is 0 Å². The summed E-state index contributed by atoms with van der Waals surface area (Å²) >= 11 is 0. The lowest BCUT2D eigenvalue weighted by Gasteiger charge is -2.36. The maximum absolute atomic E-state index is 11.9. The fraction of sp³-hybridized carbons (Fsp3) is 0.900. The second-order valence-electron chi connectivity index (χ2n) is 3.84. The van der Waals surface area contributed by atoms with Gasteiger partial charge in [-0.3, -0.25) is 4.79 Å². The minimum Gasteiger partial charge on any atom is -0.394 e. The second kappa shape index (κ2) is 6.05. The van der Waals surface area contributed by atoms with Gasteiger partial charge in [0, 0.05) is 6.54 Å². The molecule has 1 aliphatic heterocycles. The van der Waals surface area contributed by atoms with Gasteiger partial charge in [0.25, 0.3) is 0 Å². The lowest BCUT2D eigenvalue weighted by atomic mass is 10.1. The van der Waals surface area contributed by atoms with Crippen molar-refractivity contribution in [2.75, 3.05) is 26.4 Å². The molecule has 0 aromatic heterocycles. The molecule has 1 heterocycles. The van der Waals surface area contributed by atoms with Crippen LogP contribution < -0.4 is 5.73 Å². The fourth-order valence-electron chi connectivity index (χ4n) is 1.74. The van der Waals surface area contributed by atoms with Crippen molar-refractivity contribution in [2.24, 2.45) is 5.73 Å². The molecule has 15 heavy (non-hydrogen) atoms. The summed E-state index contributed by atoms with van der Waals surface area (Å²) in [4.78, 5) is 13.5. The van der Waals surface area contributed by atoms with Gasteiger partial charge < -0.3 is 20.5 Å². The number of morpholine rings is 1. The molecule has 5 heteroatoms. The summed E-state index contributed by atoms with van der Waals surface area (Å²) in [5.41, 5.74) is 5.76. The molecular formula is C10H20N2O3. The van der Waals surface area contributed by atoms with Crippen molar-refractivity contribution >= 4 is 5.91 Å². The van der Waals surface area contributed by atoms with Gasteiger partial charge in [-0.25, -0.2) is 0 Å². The average molecular weight is 216 g/mol. The van der Waals surface area contributed by atoms with Crippen LogP contribution in [0.25, 0.3) is 0 Å². The third kappa shape index (κ3) is 3.15. The summed E-state index contributed by atoms with van der Waals surface area (Å²) in [6, 6.07) is -0.670. The minimum absolute atomic E-state index is 0.0649. The molecule has 2 atom stereocenters. The Bertz CT molecular complexity index is 211. The number of ether oxygens (including phenoxy) is 1. The lowest BCUT2D eigenvalue weighted by Crippen LogP contribution is -2.55. The van der Waals surface area contributed by atoms with Gasteiger partial charge in [-0.05, 0) is 6.42 Å². The van der Waals surface area contributed by atoms with Crippen LogP contribution in [0.5, 0.6) is 0 Å². The highest BCUT2D eigenvalue weighted by molar-refractivity contribution is 5.82. The first-order valence-corrected chi connectivity index (χ1v) is 5.45. The number of nitrogens with zero attached hydrogens (tertiary/aromatic N) is 1. The van der Waals surface area contributed by atoms with E-state index in [0.717, 1.165) is 6.42 Å². The fourth-order valence-corrected chi connectivity index (χ4v) is 1.74. The quantitative estimate of drug-likeness (QED) is 0.653. The summed E-state index contributed by atoms with van der Waals surface area (Å²) in [6.45, 7) is 3.39. The molecule has 1 amide bonds. The van der Waals surface area contributed by atoms with Crippen molar-refractivity contribution in [1.82, 2.24) is 4.90 Å². The Balaban J connectivity index is 2.55. The highest BCUT2D eigenvalue weighted by atomic mass is 16.5. The van der Waals surface area contributed by atoms with Crippen molar-refractivity contribution in [3.63, 3.8) is 0 Å². The Morgan fingerprint density at radius 1 is 1.73 bits per heavy atom. The van der Waals surface area contributed by atoms with E-state index < -0.39 is 6.04 Å². The van der Waals surface area contributed by atoms with Crippen LogP contribution in [0.1, 0.15) is 19.8 Å². The molecule has 5 nitrogen and oxygen atoms in total. The zero-order valence-electron chi connectivity index (χ0n) is 9.19. The van der Waals surface area contributed by atoms with Gasteiger partial charge in [-0.15, -0.1) is 0 Å². The minimum atomic E-state index is -0.442. The Morgan fingerprint density at radius 2 is 2.47 bits per heavy atom. The van der Waals surface area contributed by atoms with Gasteiger partial charge in [-0.1, -0.05) is 13.3 Å². The summed E-state index contributed by atoms with van der Waals surface area (Å²) in [6.07, 6.45) is 1.58. The van der Waals surface area contributed by atoms with Crippen LogP contribution in [-0.2, 0) is 9.53 Å². The van der Waals surface area contributed by atoms with E-state index in [1.165, 1.54) is 0 Å². The molecule has 1 aliphatic rings. The zero-order valence-corrected chi connectivity index (χ0v) is 9.19. The Kier molecular flexibility index (Phi) is 5.01. The van der Waals surface area contributed by atoms with Crippen LogP contribution in [-0.4, -0.2) is 54.4 Å². The maximum atomic E-state index is 11.9. The number of rotatable bonds is 4. The van der Waals surface area contributed by atoms with Gasteiger partial charge in [0.2, 0.25) is 5.91 Å². The molecule has 0 bridgehead atoms. The van der Waals surface area contributed by atoms with E-state index in [0.29, 0.717) is 26.2 Å². The van der Waals surface area contributed by atoms with Gasteiger partial charge >= 0.3 is 0 Å². The summed E-state index contributed by atoms with van der Waals surface area (Å²) < 4.78 is 5.20. The molecular weight excluding hydrogens is 196 g/mol. The molecule has 1 unspecified atom stereocenters. The number of aliphatic hydroxyl groups is 1. The predicted molar refractivity (Wildman–Crippen MR) is 56.3 cm³/mol. The van der Waals surface area contributed by atoms with Gasteiger partial charge in [0.1, 0.15) is 0 Å². The molecule has 0 radical (unpaired) electrons. The summed E-state index contributed by atoms with van der Waals surface area (Å²) in [7, 11) is 0. The van der Waals surface area contributed by atoms with Crippen LogP contribution in [0.3, 0.4) is 0 Å². The zero-order chi connectivity index (χ0) is 11.3. The highest BCUT2D eigenvalue weighted by Crippen LogP contribution is 2.09. The van der Waals surface area contributed by atoms with Crippen molar-refractivity contribution in [1.29, 1.82) is 0 Å². The number of carbonyl (C=O) groups excluding carboxylic acids is 1. The SMILES string of the molecule is CCC[C@H](N)C(=O)N1CCOCC1CO. The van der Waals surface area contributed by atoms with Crippen LogP contribution >= 0.6 is 0 Å². The first-order valence-electron chi connectivity index (χ1n) is 5.45. The Hall–Kier alpha value is -0.650. The maximum Gasteiger partial charge on any atom is 0.239 e. The first kappa shape index (κ1) is 12.4. The standard InChI is InChI=1S/C10H20N2O3/c1-2-3-9(11)10(14)12-4-5-15-7-8(12)6-13/h8-9,13H,2-7,11H2,1H3/t8?,9-/m0/s1. The molecule has 88 valence electrons. The Labute approximate surface area is 90.2 Å². The topological polar surface area (TPSA) is 75.8 Å². The molecule has 1 rings (SSSR count). The summed E-state index contributed by atoms with van der Waals surface area (Å²) in [5, 5.41) is 9.11. The van der Waals surface area contributed by atoms with Crippen LogP contribution in [0.4, 0.5) is 0 Å². The van der Waals surface area contributed by atoms with E-state index in [4.69, 9.17) is 15.6 Å². The van der Waals surface area contributed by atoms with E-state index in [-0.39, 0.29) is 18.6 Å². The molecule has 0 aromatic rings. The first-order chi connectivity index (χ1) is 7.20. The Morgan fingerprint density at radius 3 is 3.07 bits per heavy atom. The van der Waals surface area contributed by atoms with E-state index in [1.54, 1.807) is 4.90 Å². The van der Waals surface area contributed by atoms with E-state index >= 15 is 0 Å². The van der Waals surface area contributed by atoms with Crippen molar-refractivity contribution in [2.45, 2.75) is 31.8 Å². The molecule has 1 saturated heterocycles. The number of carbonyl (C=O) groups is 1. The van der Waals surface area contributed by atoms with Gasteiger partial charge in [-0.2, -0.15) is 0 Å². The second-order valence-corrected chi connectivity index (χ2v) is 3.84. The van der Waals surface area contributed by atoms with Crippen molar-refractivity contribution < 1.29 is 14.6 Å². The molecule has 0 saturated carbocycles. The van der Waals surface area contributed by atoms with Crippen molar-refractivity contribution in [3.05, 3.63) is 0 Å². The predicted octanol–water partition coefficient (Wildman–Crippen LogP) is -0.666. The smallest absolute Gasteiger partial charge is 0.239 e. The lowest BCUT2D eigenvalue weighted by molar-refractivity contribution is -0.143. The normalized spacial score (nSPS) is 23.9. The van der Waals surface area contributed by atoms with Gasteiger partial charge in [0.05, 0.1) is 31.9 Å². The van der Waals surface area contributed by atoms with Crippen LogP contribution in [0.15, 0.2) is 0 Å². The third-order valence-electron chi connectivity index (χ3n) is 2.64. The largest absolute Gasteiger partial charge is 0.394 e. The van der Waals surface area contributed by atoms with E-state index in [1.807, 2.05) is 6.92 Å². The number of nitrogens with two attached hydrogens (primary N) is 1. The number of amides is 1. The molecule has 3 N–H and O–H groups in total. The van der Waals surface area contributed by atoms with Crippen LogP contribution in [0.2, 0.25) is 0 Å².